The van der Waals surface area contributed by atoms with Gasteiger partial charge in [-0.3, -0.25) is 0 Å². The fourth-order valence-corrected chi connectivity index (χ4v) is 2.35. The van der Waals surface area contributed by atoms with Crippen LogP contribution in [-0.4, -0.2) is 22.8 Å². The molecule has 0 spiro atoms. The topological polar surface area (TPSA) is 61.6 Å². The van der Waals surface area contributed by atoms with Crippen molar-refractivity contribution in [3.63, 3.8) is 0 Å². The lowest BCUT2D eigenvalue weighted by Crippen LogP contribution is -2.12. The molecule has 114 valence electrons. The van der Waals surface area contributed by atoms with E-state index in [4.69, 9.17) is 0 Å². The van der Waals surface area contributed by atoms with E-state index < -0.39 is 0 Å². The third-order valence-electron chi connectivity index (χ3n) is 3.19. The number of rotatable bonds is 5. The highest BCUT2D eigenvalue weighted by Gasteiger charge is 2.16. The number of nitrogens with zero attached hydrogens (tertiary/aromatic N) is 3. The Hall–Kier alpha value is -2.06. The number of nitrogens with one attached hydrogen (secondary N) is 1. The number of aromatic nitrogens is 2. The molecule has 1 aromatic heterocycles. The number of aryl methyl sites for hydroxylation is 1. The van der Waals surface area contributed by atoms with Crippen LogP contribution in [0.2, 0.25) is 0 Å². The fraction of sp³-hybridized carbons (Fsp3) is 0.353. The van der Waals surface area contributed by atoms with Crippen LogP contribution < -0.4 is 5.32 Å². The van der Waals surface area contributed by atoms with E-state index in [0.717, 1.165) is 12.1 Å². The molecule has 0 fully saturated rings. The lowest BCUT2D eigenvalue weighted by molar-refractivity contribution is 0.685. The molecule has 5 heteroatoms. The van der Waals surface area contributed by atoms with Gasteiger partial charge in [-0.25, -0.2) is 9.97 Å². The quantitative estimate of drug-likeness (QED) is 0.665. The summed E-state index contributed by atoms with van der Waals surface area (Å²) in [6.45, 7) is 7.05. The first-order valence-electron chi connectivity index (χ1n) is 7.22. The summed E-state index contributed by atoms with van der Waals surface area (Å²) in [7, 11) is 0. The van der Waals surface area contributed by atoms with Gasteiger partial charge in [-0.15, -0.1) is 0 Å². The number of hydrogen-bond donors (Lipinski definition) is 1. The lowest BCUT2D eigenvalue weighted by atomic mass is 10.1. The van der Waals surface area contributed by atoms with Crippen molar-refractivity contribution in [2.75, 3.05) is 18.1 Å². The van der Waals surface area contributed by atoms with Gasteiger partial charge in [0.05, 0.1) is 5.69 Å². The first-order valence-corrected chi connectivity index (χ1v) is 8.44. The van der Waals surface area contributed by atoms with Crippen LogP contribution in [0, 0.1) is 24.2 Å². The molecule has 0 saturated carbocycles. The van der Waals surface area contributed by atoms with Crippen LogP contribution in [0.25, 0.3) is 11.3 Å². The monoisotopic (exact) mass is 312 g/mol. The summed E-state index contributed by atoms with van der Waals surface area (Å²) < 4.78 is 0. The summed E-state index contributed by atoms with van der Waals surface area (Å²) in [6.07, 6.45) is 1.94. The zero-order chi connectivity index (χ0) is 16.1. The van der Waals surface area contributed by atoms with E-state index in [1.54, 1.807) is 0 Å². The Morgan fingerprint density at radius 3 is 2.45 bits per heavy atom. The maximum absolute atomic E-state index is 9.57. The molecule has 0 aliphatic heterocycles. The summed E-state index contributed by atoms with van der Waals surface area (Å²) in [6, 6.07) is 10.3. The average molecular weight is 312 g/mol. The van der Waals surface area contributed by atoms with Crippen molar-refractivity contribution in [3.05, 3.63) is 35.4 Å². The van der Waals surface area contributed by atoms with Gasteiger partial charge >= 0.3 is 0 Å². The van der Waals surface area contributed by atoms with Crippen molar-refractivity contribution in [3.8, 4) is 17.3 Å². The fourth-order valence-electron chi connectivity index (χ4n) is 1.99. The third-order valence-corrected chi connectivity index (χ3v) is 3.73. The predicted molar refractivity (Wildman–Crippen MR) is 92.0 cm³/mol. The van der Waals surface area contributed by atoms with E-state index in [1.807, 2.05) is 37.4 Å². The van der Waals surface area contributed by atoms with Gasteiger partial charge in [-0.2, -0.15) is 5.26 Å². The molecule has 22 heavy (non-hydrogen) atoms. The highest BCUT2D eigenvalue weighted by molar-refractivity contribution is 7.98. The van der Waals surface area contributed by atoms with Crippen molar-refractivity contribution in [2.24, 2.45) is 5.92 Å². The number of anilines is 1. The minimum atomic E-state index is 0.474. The van der Waals surface area contributed by atoms with Crippen molar-refractivity contribution >= 4 is 17.6 Å². The molecule has 0 aliphatic carbocycles. The number of hydrogen-bond acceptors (Lipinski definition) is 5. The minimum Gasteiger partial charge on any atom is -0.369 e. The van der Waals surface area contributed by atoms with Crippen molar-refractivity contribution in [2.45, 2.75) is 25.9 Å². The molecule has 4 nitrogen and oxygen atoms in total. The maximum atomic E-state index is 9.57. The smallest absolute Gasteiger partial charge is 0.189 e. The Balaban J connectivity index is 2.54. The second-order valence-electron chi connectivity index (χ2n) is 5.54. The average Bonchev–Trinajstić information content (AvgIpc) is 2.52. The Morgan fingerprint density at radius 1 is 1.23 bits per heavy atom. The van der Waals surface area contributed by atoms with E-state index in [9.17, 15) is 5.26 Å². The van der Waals surface area contributed by atoms with E-state index in [0.29, 0.717) is 28.1 Å². The Kier molecular flexibility index (Phi) is 5.40. The number of benzene rings is 1. The van der Waals surface area contributed by atoms with Gasteiger partial charge in [-0.1, -0.05) is 55.4 Å². The van der Waals surface area contributed by atoms with Gasteiger partial charge in [0.1, 0.15) is 17.5 Å². The third kappa shape index (κ3) is 3.77. The van der Waals surface area contributed by atoms with E-state index in [2.05, 4.69) is 35.2 Å². The van der Waals surface area contributed by atoms with Gasteiger partial charge in [0.25, 0.3) is 0 Å². The molecule has 0 amide bonds. The molecular formula is C17H20N4S. The second kappa shape index (κ2) is 7.28. The Bertz CT molecular complexity index is 687. The normalized spacial score (nSPS) is 10.5. The summed E-state index contributed by atoms with van der Waals surface area (Å²) >= 11 is 1.48. The van der Waals surface area contributed by atoms with Gasteiger partial charge in [0, 0.05) is 12.1 Å². The van der Waals surface area contributed by atoms with Crippen molar-refractivity contribution in [1.29, 1.82) is 5.26 Å². The van der Waals surface area contributed by atoms with Crippen molar-refractivity contribution in [1.82, 2.24) is 9.97 Å². The van der Waals surface area contributed by atoms with Crippen molar-refractivity contribution < 1.29 is 0 Å². The predicted octanol–water partition coefficient (Wildman–Crippen LogP) is 4.11. The van der Waals surface area contributed by atoms with Gasteiger partial charge in [0.15, 0.2) is 5.16 Å². The molecule has 0 aliphatic rings. The van der Waals surface area contributed by atoms with Crippen LogP contribution in [-0.2, 0) is 0 Å². The van der Waals surface area contributed by atoms with Gasteiger partial charge < -0.3 is 5.32 Å². The largest absolute Gasteiger partial charge is 0.369 e. The summed E-state index contributed by atoms with van der Waals surface area (Å²) in [5, 5.41) is 13.5. The number of thioether (sulfide) groups is 1. The molecule has 0 unspecified atom stereocenters. The van der Waals surface area contributed by atoms with E-state index in [-0.39, 0.29) is 0 Å². The van der Waals surface area contributed by atoms with Gasteiger partial charge in [0.2, 0.25) is 0 Å². The molecule has 0 radical (unpaired) electrons. The molecule has 0 bridgehead atoms. The van der Waals surface area contributed by atoms with Crippen LogP contribution in [0.1, 0.15) is 25.0 Å². The Morgan fingerprint density at radius 2 is 1.91 bits per heavy atom. The van der Waals surface area contributed by atoms with Crippen LogP contribution >= 0.6 is 11.8 Å². The molecule has 2 rings (SSSR count). The Labute approximate surface area is 136 Å². The lowest BCUT2D eigenvalue weighted by Gasteiger charge is -2.13. The standard InChI is InChI=1S/C17H20N4S/c1-11(2)10-19-16-14(9-18)15(20-17(21-16)22-4)13-7-5-12(3)6-8-13/h5-8,11H,10H2,1-4H3,(H,19,20,21). The first kappa shape index (κ1) is 16.3. The summed E-state index contributed by atoms with van der Waals surface area (Å²) in [4.78, 5) is 8.99. The number of nitriles is 1. The first-order chi connectivity index (χ1) is 10.5. The van der Waals surface area contributed by atoms with Crippen LogP contribution in [0.5, 0.6) is 0 Å². The molecule has 2 aromatic rings. The summed E-state index contributed by atoms with van der Waals surface area (Å²) in [5.41, 5.74) is 3.31. The molecular weight excluding hydrogens is 292 g/mol. The highest BCUT2D eigenvalue weighted by Crippen LogP contribution is 2.28. The van der Waals surface area contributed by atoms with Gasteiger partial charge in [-0.05, 0) is 19.1 Å². The second-order valence-corrected chi connectivity index (χ2v) is 6.31. The zero-order valence-corrected chi connectivity index (χ0v) is 14.2. The molecule has 1 N–H and O–H groups in total. The highest BCUT2D eigenvalue weighted by atomic mass is 32.2. The van der Waals surface area contributed by atoms with Crippen LogP contribution in [0.4, 0.5) is 5.82 Å². The molecule has 1 heterocycles. The summed E-state index contributed by atoms with van der Waals surface area (Å²) in [5.74, 6) is 1.09. The van der Waals surface area contributed by atoms with E-state index >= 15 is 0 Å². The molecule has 0 saturated heterocycles. The SMILES string of the molecule is CSc1nc(NCC(C)C)c(C#N)c(-c2ccc(C)cc2)n1. The zero-order valence-electron chi connectivity index (χ0n) is 13.3. The van der Waals surface area contributed by atoms with Crippen LogP contribution in [0.15, 0.2) is 29.4 Å². The van der Waals surface area contributed by atoms with E-state index in [1.165, 1.54) is 17.3 Å². The maximum Gasteiger partial charge on any atom is 0.189 e. The molecule has 0 atom stereocenters. The molecule has 1 aromatic carbocycles. The van der Waals surface area contributed by atoms with Crippen LogP contribution in [0.3, 0.4) is 0 Å². The minimum absolute atomic E-state index is 0.474.